The van der Waals surface area contributed by atoms with Crippen LogP contribution in [0.3, 0.4) is 0 Å². The average molecular weight is 215 g/mol. The highest BCUT2D eigenvalue weighted by Crippen LogP contribution is 2.47. The lowest BCUT2D eigenvalue weighted by atomic mass is 10.0. The topological polar surface area (TPSA) is 3.24 Å². The predicted molar refractivity (Wildman–Crippen MR) is 67.1 cm³/mol. The van der Waals surface area contributed by atoms with Crippen LogP contribution in [0.25, 0.3) is 0 Å². The molecule has 0 bridgehead atoms. The molecule has 1 unspecified atom stereocenters. The number of hydrogen-bond donors (Lipinski definition) is 1. The average Bonchev–Trinajstić information content (AvgIpc) is 2.84. The van der Waals surface area contributed by atoms with Gasteiger partial charge in [-0.05, 0) is 50.3 Å². The monoisotopic (exact) mass is 215 g/mol. The number of rotatable bonds is 6. The van der Waals surface area contributed by atoms with Crippen molar-refractivity contribution in [1.29, 1.82) is 0 Å². The van der Waals surface area contributed by atoms with E-state index < -0.39 is 0 Å². The van der Waals surface area contributed by atoms with E-state index in [9.17, 15) is 0 Å². The summed E-state index contributed by atoms with van der Waals surface area (Å²) in [4.78, 5) is 2.52. The predicted octanol–water partition coefficient (Wildman–Crippen LogP) is 3.06. The molecule has 1 aliphatic carbocycles. The van der Waals surface area contributed by atoms with Crippen LogP contribution < -0.4 is 0 Å². The largest absolute Gasteiger partial charge is 0.303 e. The highest BCUT2D eigenvalue weighted by Gasteiger charge is 2.42. The van der Waals surface area contributed by atoms with Crippen molar-refractivity contribution in [3.8, 4) is 0 Å². The van der Waals surface area contributed by atoms with E-state index in [2.05, 4.69) is 45.3 Å². The van der Waals surface area contributed by atoms with Gasteiger partial charge in [-0.15, -0.1) is 0 Å². The fourth-order valence-electron chi connectivity index (χ4n) is 2.09. The molecule has 0 aromatic heterocycles. The molecule has 1 atom stereocenters. The fraction of sp³-hybridized carbons (Fsp3) is 1.00. The molecule has 1 rings (SSSR count). The Morgan fingerprint density at radius 2 is 1.86 bits per heavy atom. The summed E-state index contributed by atoms with van der Waals surface area (Å²) in [5.41, 5.74) is 0.573. The van der Waals surface area contributed by atoms with Gasteiger partial charge >= 0.3 is 0 Å². The standard InChI is InChI=1S/C12H25NS/c1-10(2)7-11(3)13(4)8-12(9-14)5-6-12/h10-11,14H,5-9H2,1-4H3. The van der Waals surface area contributed by atoms with E-state index in [1.165, 1.54) is 25.8 Å². The molecule has 2 heteroatoms. The summed E-state index contributed by atoms with van der Waals surface area (Å²) in [6, 6.07) is 0.715. The summed E-state index contributed by atoms with van der Waals surface area (Å²) in [5, 5.41) is 0. The van der Waals surface area contributed by atoms with Crippen molar-refractivity contribution in [2.75, 3.05) is 19.3 Å². The zero-order chi connectivity index (χ0) is 10.8. The van der Waals surface area contributed by atoms with Crippen molar-refractivity contribution in [2.24, 2.45) is 11.3 Å². The van der Waals surface area contributed by atoms with Gasteiger partial charge in [-0.3, -0.25) is 0 Å². The van der Waals surface area contributed by atoms with Gasteiger partial charge in [0.05, 0.1) is 0 Å². The lowest BCUT2D eigenvalue weighted by Crippen LogP contribution is -2.35. The number of hydrogen-bond acceptors (Lipinski definition) is 2. The molecule has 0 saturated heterocycles. The molecule has 0 heterocycles. The van der Waals surface area contributed by atoms with Gasteiger partial charge in [0.15, 0.2) is 0 Å². The van der Waals surface area contributed by atoms with Crippen LogP contribution in [0.2, 0.25) is 0 Å². The Morgan fingerprint density at radius 1 is 1.29 bits per heavy atom. The second kappa shape index (κ2) is 4.89. The van der Waals surface area contributed by atoms with Gasteiger partial charge in [0.25, 0.3) is 0 Å². The molecule has 0 amide bonds. The molecular weight excluding hydrogens is 190 g/mol. The summed E-state index contributed by atoms with van der Waals surface area (Å²) < 4.78 is 0. The van der Waals surface area contributed by atoms with Gasteiger partial charge < -0.3 is 4.90 Å². The first kappa shape index (κ1) is 12.4. The molecule has 0 aromatic rings. The molecule has 1 aliphatic rings. The molecule has 14 heavy (non-hydrogen) atoms. The van der Waals surface area contributed by atoms with Gasteiger partial charge in [0.2, 0.25) is 0 Å². The van der Waals surface area contributed by atoms with Gasteiger partial charge in [-0.1, -0.05) is 13.8 Å². The maximum atomic E-state index is 4.45. The molecular formula is C12H25NS. The smallest absolute Gasteiger partial charge is 0.00665 e. The summed E-state index contributed by atoms with van der Waals surface area (Å²) in [5.74, 6) is 1.87. The van der Waals surface area contributed by atoms with E-state index in [-0.39, 0.29) is 0 Å². The van der Waals surface area contributed by atoms with Crippen molar-refractivity contribution in [2.45, 2.75) is 46.1 Å². The third kappa shape index (κ3) is 3.47. The zero-order valence-electron chi connectivity index (χ0n) is 10.1. The molecule has 0 radical (unpaired) electrons. The molecule has 0 aliphatic heterocycles. The first-order valence-electron chi connectivity index (χ1n) is 5.80. The SMILES string of the molecule is CC(C)CC(C)N(C)CC1(CS)CC1. The fourth-order valence-corrected chi connectivity index (χ4v) is 2.51. The maximum absolute atomic E-state index is 4.45. The van der Waals surface area contributed by atoms with Gasteiger partial charge in [0.1, 0.15) is 0 Å². The molecule has 0 N–H and O–H groups in total. The van der Waals surface area contributed by atoms with Crippen molar-refractivity contribution in [3.63, 3.8) is 0 Å². The van der Waals surface area contributed by atoms with Crippen LogP contribution >= 0.6 is 12.6 Å². The Bertz CT molecular complexity index is 175. The first-order valence-corrected chi connectivity index (χ1v) is 6.43. The van der Waals surface area contributed by atoms with E-state index in [0.717, 1.165) is 11.7 Å². The van der Waals surface area contributed by atoms with Gasteiger partial charge in [0, 0.05) is 12.6 Å². The van der Waals surface area contributed by atoms with E-state index in [0.29, 0.717) is 11.5 Å². The molecule has 0 spiro atoms. The van der Waals surface area contributed by atoms with Crippen molar-refractivity contribution >= 4 is 12.6 Å². The zero-order valence-corrected chi connectivity index (χ0v) is 11.0. The van der Waals surface area contributed by atoms with Crippen LogP contribution in [0.4, 0.5) is 0 Å². The Morgan fingerprint density at radius 3 is 2.21 bits per heavy atom. The van der Waals surface area contributed by atoms with E-state index in [4.69, 9.17) is 0 Å². The minimum absolute atomic E-state index is 0.573. The number of nitrogens with zero attached hydrogens (tertiary/aromatic N) is 1. The third-order valence-corrected chi connectivity index (χ3v) is 4.11. The minimum Gasteiger partial charge on any atom is -0.303 e. The molecule has 1 saturated carbocycles. The molecule has 1 nitrogen and oxygen atoms in total. The van der Waals surface area contributed by atoms with Crippen LogP contribution in [0, 0.1) is 11.3 Å². The Kier molecular flexibility index (Phi) is 4.32. The lowest BCUT2D eigenvalue weighted by molar-refractivity contribution is 0.195. The van der Waals surface area contributed by atoms with Crippen LogP contribution in [0.1, 0.15) is 40.0 Å². The summed E-state index contributed by atoms with van der Waals surface area (Å²) in [6.45, 7) is 8.19. The van der Waals surface area contributed by atoms with Crippen molar-refractivity contribution in [1.82, 2.24) is 4.90 Å². The summed E-state index contributed by atoms with van der Waals surface area (Å²) in [6.07, 6.45) is 4.07. The highest BCUT2D eigenvalue weighted by molar-refractivity contribution is 7.80. The van der Waals surface area contributed by atoms with Gasteiger partial charge in [-0.25, -0.2) is 0 Å². The highest BCUT2D eigenvalue weighted by atomic mass is 32.1. The lowest BCUT2D eigenvalue weighted by Gasteiger charge is -2.29. The molecule has 1 fully saturated rings. The quantitative estimate of drug-likeness (QED) is 0.667. The molecule has 0 aromatic carbocycles. The molecule has 84 valence electrons. The Hall–Kier alpha value is 0.310. The third-order valence-electron chi connectivity index (χ3n) is 3.44. The normalized spacial score (nSPS) is 21.6. The summed E-state index contributed by atoms with van der Waals surface area (Å²) in [7, 11) is 2.26. The first-order chi connectivity index (χ1) is 6.49. The van der Waals surface area contributed by atoms with Crippen LogP contribution in [-0.2, 0) is 0 Å². The van der Waals surface area contributed by atoms with Gasteiger partial charge in [-0.2, -0.15) is 12.6 Å². The minimum atomic E-state index is 0.573. The maximum Gasteiger partial charge on any atom is 0.00665 e. The van der Waals surface area contributed by atoms with E-state index in [1.54, 1.807) is 0 Å². The van der Waals surface area contributed by atoms with Crippen molar-refractivity contribution in [3.05, 3.63) is 0 Å². The second-order valence-corrected chi connectivity index (χ2v) is 5.87. The number of thiol groups is 1. The van der Waals surface area contributed by atoms with Crippen molar-refractivity contribution < 1.29 is 0 Å². The van der Waals surface area contributed by atoms with E-state index >= 15 is 0 Å². The Balaban J connectivity index is 2.30. The van der Waals surface area contributed by atoms with Crippen LogP contribution in [0.5, 0.6) is 0 Å². The Labute approximate surface area is 94.7 Å². The second-order valence-electron chi connectivity index (χ2n) is 5.55. The van der Waals surface area contributed by atoms with Crippen LogP contribution in [0.15, 0.2) is 0 Å². The van der Waals surface area contributed by atoms with E-state index in [1.807, 2.05) is 0 Å². The summed E-state index contributed by atoms with van der Waals surface area (Å²) >= 11 is 4.45. The van der Waals surface area contributed by atoms with Crippen LogP contribution in [-0.4, -0.2) is 30.3 Å².